The second kappa shape index (κ2) is 5.70. The molecule has 110 valence electrons. The van der Waals surface area contributed by atoms with Gasteiger partial charge in [-0.3, -0.25) is 4.57 Å². The molecule has 1 aromatic heterocycles. The van der Waals surface area contributed by atoms with E-state index in [4.69, 9.17) is 23.2 Å². The molecule has 0 atom stereocenters. The SMILES string of the molecule is C=CCn1c(C2CC2)nn(Cc2ccc(Cl)c(Cl)c2)c1=O. The van der Waals surface area contributed by atoms with Crippen LogP contribution >= 0.6 is 23.2 Å². The number of hydrogen-bond donors (Lipinski definition) is 0. The van der Waals surface area contributed by atoms with Gasteiger partial charge in [-0.2, -0.15) is 5.10 Å². The zero-order chi connectivity index (χ0) is 15.0. The fourth-order valence-electron chi connectivity index (χ4n) is 2.32. The number of aromatic nitrogens is 3. The van der Waals surface area contributed by atoms with Crippen LogP contribution in [0.2, 0.25) is 10.0 Å². The van der Waals surface area contributed by atoms with Crippen molar-refractivity contribution in [2.75, 3.05) is 0 Å². The number of benzene rings is 1. The molecule has 3 rings (SSSR count). The molecule has 1 saturated carbocycles. The van der Waals surface area contributed by atoms with Gasteiger partial charge in [0.05, 0.1) is 16.6 Å². The first kappa shape index (κ1) is 14.4. The summed E-state index contributed by atoms with van der Waals surface area (Å²) in [5, 5.41) is 5.47. The summed E-state index contributed by atoms with van der Waals surface area (Å²) in [4.78, 5) is 12.4. The number of rotatable bonds is 5. The summed E-state index contributed by atoms with van der Waals surface area (Å²) in [6, 6.07) is 5.34. The monoisotopic (exact) mass is 323 g/mol. The van der Waals surface area contributed by atoms with Crippen LogP contribution in [0, 0.1) is 0 Å². The summed E-state index contributed by atoms with van der Waals surface area (Å²) in [6.45, 7) is 4.58. The molecule has 0 aliphatic heterocycles. The molecule has 1 fully saturated rings. The van der Waals surface area contributed by atoms with Gasteiger partial charge in [-0.1, -0.05) is 35.3 Å². The smallest absolute Gasteiger partial charge is 0.275 e. The first-order chi connectivity index (χ1) is 10.1. The highest BCUT2D eigenvalue weighted by atomic mass is 35.5. The van der Waals surface area contributed by atoms with Gasteiger partial charge in [-0.05, 0) is 30.5 Å². The largest absolute Gasteiger partial charge is 0.346 e. The van der Waals surface area contributed by atoms with E-state index in [9.17, 15) is 4.79 Å². The van der Waals surface area contributed by atoms with Gasteiger partial charge in [0.1, 0.15) is 5.82 Å². The molecule has 0 radical (unpaired) electrons. The number of nitrogens with zero attached hydrogens (tertiary/aromatic N) is 3. The van der Waals surface area contributed by atoms with Crippen molar-refractivity contribution in [2.45, 2.75) is 31.8 Å². The zero-order valence-corrected chi connectivity index (χ0v) is 12.9. The van der Waals surface area contributed by atoms with E-state index in [-0.39, 0.29) is 5.69 Å². The molecule has 1 aromatic carbocycles. The summed E-state index contributed by atoms with van der Waals surface area (Å²) in [6.07, 6.45) is 3.92. The lowest BCUT2D eigenvalue weighted by Crippen LogP contribution is -2.25. The molecule has 0 unspecified atom stereocenters. The van der Waals surface area contributed by atoms with E-state index in [0.29, 0.717) is 29.1 Å². The average Bonchev–Trinajstić information content (AvgIpc) is 3.25. The Kier molecular flexibility index (Phi) is 3.91. The normalized spacial score (nSPS) is 14.4. The lowest BCUT2D eigenvalue weighted by Gasteiger charge is -2.02. The van der Waals surface area contributed by atoms with Crippen LogP contribution in [-0.4, -0.2) is 14.3 Å². The number of allylic oxidation sites excluding steroid dienone is 1. The zero-order valence-electron chi connectivity index (χ0n) is 11.4. The second-order valence-electron chi connectivity index (χ2n) is 5.22. The van der Waals surface area contributed by atoms with Crippen molar-refractivity contribution in [3.8, 4) is 0 Å². The van der Waals surface area contributed by atoms with E-state index >= 15 is 0 Å². The molecule has 4 nitrogen and oxygen atoms in total. The maximum Gasteiger partial charge on any atom is 0.346 e. The van der Waals surface area contributed by atoms with Gasteiger partial charge >= 0.3 is 5.69 Å². The Bertz CT molecular complexity index is 744. The average molecular weight is 324 g/mol. The minimum atomic E-state index is -0.108. The predicted octanol–water partition coefficient (Wildman–Crippen LogP) is 3.46. The second-order valence-corrected chi connectivity index (χ2v) is 6.03. The molecule has 2 aromatic rings. The molecule has 21 heavy (non-hydrogen) atoms. The molecule has 6 heteroatoms. The van der Waals surface area contributed by atoms with Crippen LogP contribution < -0.4 is 5.69 Å². The Morgan fingerprint density at radius 1 is 1.33 bits per heavy atom. The first-order valence-electron chi connectivity index (χ1n) is 6.82. The fraction of sp³-hybridized carbons (Fsp3) is 0.333. The van der Waals surface area contributed by atoms with Crippen molar-refractivity contribution in [2.24, 2.45) is 0 Å². The van der Waals surface area contributed by atoms with Crippen LogP contribution in [0.1, 0.15) is 30.1 Å². The van der Waals surface area contributed by atoms with Gasteiger partial charge in [0.25, 0.3) is 0 Å². The van der Waals surface area contributed by atoms with Crippen LogP contribution in [0.15, 0.2) is 35.6 Å². The number of halogens is 2. The summed E-state index contributed by atoms with van der Waals surface area (Å²) < 4.78 is 3.18. The Morgan fingerprint density at radius 2 is 2.10 bits per heavy atom. The van der Waals surface area contributed by atoms with Gasteiger partial charge in [-0.25, -0.2) is 9.48 Å². The van der Waals surface area contributed by atoms with Gasteiger partial charge in [0.15, 0.2) is 0 Å². The van der Waals surface area contributed by atoms with Crippen molar-refractivity contribution in [1.29, 1.82) is 0 Å². The summed E-state index contributed by atoms with van der Waals surface area (Å²) >= 11 is 11.9. The van der Waals surface area contributed by atoms with E-state index < -0.39 is 0 Å². The van der Waals surface area contributed by atoms with Gasteiger partial charge in [0.2, 0.25) is 0 Å². The maximum absolute atomic E-state index is 12.4. The molecule has 1 aliphatic carbocycles. The minimum absolute atomic E-state index is 0.108. The third kappa shape index (κ3) is 2.92. The van der Waals surface area contributed by atoms with Crippen molar-refractivity contribution in [3.05, 3.63) is 62.8 Å². The summed E-state index contributed by atoms with van der Waals surface area (Å²) in [5.41, 5.74) is 0.792. The van der Waals surface area contributed by atoms with Crippen molar-refractivity contribution >= 4 is 23.2 Å². The Hall–Kier alpha value is -1.52. The Labute approximate surface area is 132 Å². The maximum atomic E-state index is 12.4. The van der Waals surface area contributed by atoms with Crippen LogP contribution in [0.5, 0.6) is 0 Å². The highest BCUT2D eigenvalue weighted by Gasteiger charge is 2.30. The summed E-state index contributed by atoms with van der Waals surface area (Å²) in [5.74, 6) is 1.27. The minimum Gasteiger partial charge on any atom is -0.275 e. The topological polar surface area (TPSA) is 39.8 Å². The van der Waals surface area contributed by atoms with Crippen molar-refractivity contribution in [3.63, 3.8) is 0 Å². The lowest BCUT2D eigenvalue weighted by atomic mass is 10.2. The van der Waals surface area contributed by atoms with Gasteiger partial charge in [-0.15, -0.1) is 6.58 Å². The Morgan fingerprint density at radius 3 is 2.71 bits per heavy atom. The molecule has 0 saturated heterocycles. The fourth-order valence-corrected chi connectivity index (χ4v) is 2.64. The Balaban J connectivity index is 1.94. The standard InChI is InChI=1S/C15H15Cl2N3O/c1-2-7-19-14(11-4-5-11)18-20(15(19)21)9-10-3-6-12(16)13(17)8-10/h2-3,6,8,11H,1,4-5,7,9H2. The predicted molar refractivity (Wildman–Crippen MR) is 84.2 cm³/mol. The molecule has 0 N–H and O–H groups in total. The van der Waals surface area contributed by atoms with Crippen LogP contribution in [0.25, 0.3) is 0 Å². The molecular formula is C15H15Cl2N3O. The molecule has 0 bridgehead atoms. The lowest BCUT2D eigenvalue weighted by molar-refractivity contribution is 0.639. The van der Waals surface area contributed by atoms with E-state index in [1.54, 1.807) is 22.8 Å². The third-order valence-electron chi connectivity index (χ3n) is 3.52. The molecule has 1 heterocycles. The van der Waals surface area contributed by atoms with E-state index in [2.05, 4.69) is 11.7 Å². The molecular weight excluding hydrogens is 309 g/mol. The van der Waals surface area contributed by atoms with Crippen LogP contribution in [0.3, 0.4) is 0 Å². The van der Waals surface area contributed by atoms with Gasteiger partial charge < -0.3 is 0 Å². The molecule has 1 aliphatic rings. The molecule has 0 amide bonds. The van der Waals surface area contributed by atoms with Crippen molar-refractivity contribution in [1.82, 2.24) is 14.3 Å². The van der Waals surface area contributed by atoms with E-state index in [1.165, 1.54) is 4.68 Å². The molecule has 0 spiro atoms. The summed E-state index contributed by atoms with van der Waals surface area (Å²) in [7, 11) is 0. The highest BCUT2D eigenvalue weighted by molar-refractivity contribution is 6.42. The van der Waals surface area contributed by atoms with E-state index in [1.807, 2.05) is 6.07 Å². The first-order valence-corrected chi connectivity index (χ1v) is 7.58. The van der Waals surface area contributed by atoms with Gasteiger partial charge in [0, 0.05) is 12.5 Å². The number of hydrogen-bond acceptors (Lipinski definition) is 2. The van der Waals surface area contributed by atoms with E-state index in [0.717, 1.165) is 24.2 Å². The third-order valence-corrected chi connectivity index (χ3v) is 4.26. The van der Waals surface area contributed by atoms with Crippen LogP contribution in [-0.2, 0) is 13.1 Å². The van der Waals surface area contributed by atoms with Crippen LogP contribution in [0.4, 0.5) is 0 Å². The highest BCUT2D eigenvalue weighted by Crippen LogP contribution is 2.38. The quantitative estimate of drug-likeness (QED) is 0.790. The van der Waals surface area contributed by atoms with Crippen molar-refractivity contribution < 1.29 is 0 Å².